The van der Waals surface area contributed by atoms with Crippen molar-refractivity contribution in [1.82, 2.24) is 14.5 Å². The minimum absolute atomic E-state index is 0.0154. The maximum absolute atomic E-state index is 13.5. The van der Waals surface area contributed by atoms with Gasteiger partial charge in [-0.2, -0.15) is 0 Å². The summed E-state index contributed by atoms with van der Waals surface area (Å²) in [5.74, 6) is -2.55. The number of benzene rings is 2. The predicted molar refractivity (Wildman–Crippen MR) is 124 cm³/mol. The van der Waals surface area contributed by atoms with Gasteiger partial charge in [-0.15, -0.1) is 0 Å². The first-order chi connectivity index (χ1) is 16.0. The molecule has 12 heteroatoms. The number of hydrogen-bond donors (Lipinski definition) is 2. The Morgan fingerprint density at radius 1 is 1.12 bits per heavy atom. The highest BCUT2D eigenvalue weighted by molar-refractivity contribution is 7.92. The van der Waals surface area contributed by atoms with Gasteiger partial charge in [-0.1, -0.05) is 17.7 Å². The standard InChI is InChI=1S/C22H18ClF2N5O3S/c1-11(2)30-9-16(18-21(26)27-10-28-22(18)30)20(31)15-4-3-5-17(19(15)23)29-34(32,33)14-7-12(24)6-13(25)8-14/h3-11,29H,1-2H3,(H2,26,27,28). The van der Waals surface area contributed by atoms with E-state index in [9.17, 15) is 22.0 Å². The second-order valence-corrected chi connectivity index (χ2v) is 9.77. The molecule has 0 spiro atoms. The van der Waals surface area contributed by atoms with Crippen LogP contribution in [0.3, 0.4) is 0 Å². The van der Waals surface area contributed by atoms with Crippen molar-refractivity contribution >= 4 is 49.9 Å². The van der Waals surface area contributed by atoms with Gasteiger partial charge in [0.15, 0.2) is 5.78 Å². The summed E-state index contributed by atoms with van der Waals surface area (Å²) in [5, 5.41) is 0.146. The zero-order valence-corrected chi connectivity index (χ0v) is 19.5. The van der Waals surface area contributed by atoms with Gasteiger partial charge in [0.05, 0.1) is 26.6 Å². The molecule has 0 atom stereocenters. The van der Waals surface area contributed by atoms with Crippen LogP contribution >= 0.6 is 11.6 Å². The summed E-state index contributed by atoms with van der Waals surface area (Å²) >= 11 is 6.40. The van der Waals surface area contributed by atoms with Gasteiger partial charge in [0, 0.05) is 23.9 Å². The largest absolute Gasteiger partial charge is 0.383 e. The zero-order chi connectivity index (χ0) is 24.8. The number of carbonyl (C=O) groups is 1. The molecule has 0 aliphatic carbocycles. The van der Waals surface area contributed by atoms with E-state index in [1.54, 1.807) is 10.8 Å². The number of nitrogens with zero attached hydrogens (tertiary/aromatic N) is 3. The van der Waals surface area contributed by atoms with Crippen LogP contribution in [0.25, 0.3) is 11.0 Å². The highest BCUT2D eigenvalue weighted by Gasteiger charge is 2.25. The van der Waals surface area contributed by atoms with E-state index in [0.717, 1.165) is 0 Å². The first-order valence-corrected chi connectivity index (χ1v) is 11.8. The topological polar surface area (TPSA) is 120 Å². The lowest BCUT2D eigenvalue weighted by molar-refractivity contribution is 0.104. The number of nitrogen functional groups attached to an aromatic ring is 1. The average Bonchev–Trinajstić information content (AvgIpc) is 3.15. The molecule has 0 radical (unpaired) electrons. The van der Waals surface area contributed by atoms with E-state index in [1.165, 1.54) is 24.5 Å². The molecule has 0 saturated carbocycles. The van der Waals surface area contributed by atoms with Crippen molar-refractivity contribution in [3.8, 4) is 0 Å². The SMILES string of the molecule is CC(C)n1cc(C(=O)c2cccc(NS(=O)(=O)c3cc(F)cc(F)c3)c2Cl)c2c(N)ncnc21. The van der Waals surface area contributed by atoms with E-state index in [4.69, 9.17) is 17.3 Å². The Hall–Kier alpha value is -3.57. The Morgan fingerprint density at radius 3 is 2.44 bits per heavy atom. The van der Waals surface area contributed by atoms with Crippen LogP contribution in [0.15, 0.2) is 53.8 Å². The fraction of sp³-hybridized carbons (Fsp3) is 0.136. The van der Waals surface area contributed by atoms with E-state index in [-0.39, 0.29) is 33.7 Å². The summed E-state index contributed by atoms with van der Waals surface area (Å²) in [4.78, 5) is 21.0. The molecule has 8 nitrogen and oxygen atoms in total. The Labute approximate surface area is 198 Å². The molecule has 4 aromatic rings. The number of rotatable bonds is 6. The Balaban J connectivity index is 1.78. The number of ketones is 1. The number of halogens is 3. The van der Waals surface area contributed by atoms with Crippen LogP contribution in [0.1, 0.15) is 35.8 Å². The second kappa shape index (κ2) is 8.65. The van der Waals surface area contributed by atoms with Crippen molar-refractivity contribution in [2.75, 3.05) is 10.5 Å². The van der Waals surface area contributed by atoms with Crippen molar-refractivity contribution < 1.29 is 22.0 Å². The molecule has 0 aliphatic heterocycles. The molecule has 2 heterocycles. The number of nitrogens with one attached hydrogen (secondary N) is 1. The molecule has 0 unspecified atom stereocenters. The van der Waals surface area contributed by atoms with Crippen LogP contribution < -0.4 is 10.5 Å². The fourth-order valence-corrected chi connectivity index (χ4v) is 4.92. The maximum Gasteiger partial charge on any atom is 0.262 e. The first kappa shape index (κ1) is 23.6. The molecule has 176 valence electrons. The molecular formula is C22H18ClF2N5O3S. The molecule has 0 amide bonds. The molecule has 3 N–H and O–H groups in total. The van der Waals surface area contributed by atoms with Crippen LogP contribution in [0, 0.1) is 11.6 Å². The molecule has 2 aromatic heterocycles. The molecular weight excluding hydrogens is 488 g/mol. The van der Waals surface area contributed by atoms with Crippen molar-refractivity contribution in [3.05, 3.63) is 76.7 Å². The summed E-state index contributed by atoms with van der Waals surface area (Å²) in [6.45, 7) is 3.81. The number of hydrogen-bond acceptors (Lipinski definition) is 6. The molecule has 2 aromatic carbocycles. The van der Waals surface area contributed by atoms with Crippen LogP contribution in [0.4, 0.5) is 20.3 Å². The van der Waals surface area contributed by atoms with E-state index >= 15 is 0 Å². The Bertz CT molecular complexity index is 1530. The quantitative estimate of drug-likeness (QED) is 0.371. The van der Waals surface area contributed by atoms with Crippen molar-refractivity contribution in [2.24, 2.45) is 0 Å². The van der Waals surface area contributed by atoms with Crippen molar-refractivity contribution in [1.29, 1.82) is 0 Å². The fourth-order valence-electron chi connectivity index (χ4n) is 3.49. The summed E-state index contributed by atoms with van der Waals surface area (Å²) in [7, 11) is -4.41. The Morgan fingerprint density at radius 2 is 1.79 bits per heavy atom. The first-order valence-electron chi connectivity index (χ1n) is 9.92. The van der Waals surface area contributed by atoms with Gasteiger partial charge < -0.3 is 10.3 Å². The highest BCUT2D eigenvalue weighted by atomic mass is 35.5. The monoisotopic (exact) mass is 505 g/mol. The van der Waals surface area contributed by atoms with Gasteiger partial charge in [-0.3, -0.25) is 9.52 Å². The molecule has 34 heavy (non-hydrogen) atoms. The van der Waals surface area contributed by atoms with Crippen LogP contribution in [-0.4, -0.2) is 28.7 Å². The minimum atomic E-state index is -4.41. The van der Waals surface area contributed by atoms with E-state index in [0.29, 0.717) is 29.2 Å². The van der Waals surface area contributed by atoms with E-state index in [2.05, 4.69) is 14.7 Å². The van der Waals surface area contributed by atoms with Crippen LogP contribution in [-0.2, 0) is 10.0 Å². The van der Waals surface area contributed by atoms with Crippen LogP contribution in [0.5, 0.6) is 0 Å². The smallest absolute Gasteiger partial charge is 0.262 e. The lowest BCUT2D eigenvalue weighted by Crippen LogP contribution is -2.15. The van der Waals surface area contributed by atoms with E-state index < -0.39 is 32.3 Å². The van der Waals surface area contributed by atoms with Crippen LogP contribution in [0.2, 0.25) is 5.02 Å². The van der Waals surface area contributed by atoms with Crippen molar-refractivity contribution in [3.63, 3.8) is 0 Å². The average molecular weight is 506 g/mol. The summed E-state index contributed by atoms with van der Waals surface area (Å²) in [6.07, 6.45) is 2.88. The number of aromatic nitrogens is 3. The third-order valence-corrected chi connectivity index (χ3v) is 6.83. The van der Waals surface area contributed by atoms with E-state index in [1.807, 2.05) is 13.8 Å². The lowest BCUT2D eigenvalue weighted by Gasteiger charge is -2.12. The number of anilines is 2. The predicted octanol–water partition coefficient (Wildman–Crippen LogP) is 4.56. The highest BCUT2D eigenvalue weighted by Crippen LogP contribution is 2.33. The molecule has 0 aliphatic rings. The van der Waals surface area contributed by atoms with Gasteiger partial charge in [-0.25, -0.2) is 27.2 Å². The number of sulfonamides is 1. The van der Waals surface area contributed by atoms with Gasteiger partial charge in [0.1, 0.15) is 29.4 Å². The zero-order valence-electron chi connectivity index (χ0n) is 17.9. The third-order valence-electron chi connectivity index (χ3n) is 5.07. The van der Waals surface area contributed by atoms with Gasteiger partial charge in [-0.05, 0) is 38.1 Å². The molecule has 0 fully saturated rings. The van der Waals surface area contributed by atoms with Crippen molar-refractivity contribution in [2.45, 2.75) is 24.8 Å². The number of nitrogens with two attached hydrogens (primary N) is 1. The molecule has 0 saturated heterocycles. The maximum atomic E-state index is 13.5. The third kappa shape index (κ3) is 4.19. The summed E-state index contributed by atoms with van der Waals surface area (Å²) in [6, 6.07) is 6.00. The second-order valence-electron chi connectivity index (χ2n) is 7.71. The lowest BCUT2D eigenvalue weighted by atomic mass is 10.0. The Kier molecular flexibility index (Phi) is 6.00. The van der Waals surface area contributed by atoms with Gasteiger partial charge in [0.25, 0.3) is 10.0 Å². The minimum Gasteiger partial charge on any atom is -0.383 e. The summed E-state index contributed by atoms with van der Waals surface area (Å²) < 4.78 is 56.4. The molecule has 4 rings (SSSR count). The number of carbonyl (C=O) groups excluding carboxylic acids is 1. The normalized spacial score (nSPS) is 11.8. The summed E-state index contributed by atoms with van der Waals surface area (Å²) in [5.41, 5.74) is 6.52. The van der Waals surface area contributed by atoms with Gasteiger partial charge in [0.2, 0.25) is 0 Å². The molecule has 0 bridgehead atoms. The van der Waals surface area contributed by atoms with Gasteiger partial charge >= 0.3 is 0 Å². The number of fused-ring (bicyclic) bond motifs is 1.